The lowest BCUT2D eigenvalue weighted by atomic mass is 10.2. The lowest BCUT2D eigenvalue weighted by molar-refractivity contribution is -0.138. The van der Waals surface area contributed by atoms with E-state index in [4.69, 9.17) is 5.11 Å². The highest BCUT2D eigenvalue weighted by atomic mass is 32.2. The van der Waals surface area contributed by atoms with Gasteiger partial charge in [-0.2, -0.15) is 4.31 Å². The molecule has 1 aromatic carbocycles. The highest BCUT2D eigenvalue weighted by Gasteiger charge is 2.19. The zero-order chi connectivity index (χ0) is 16.6. The van der Waals surface area contributed by atoms with E-state index in [0.717, 1.165) is 12.0 Å². The van der Waals surface area contributed by atoms with Gasteiger partial charge in [0, 0.05) is 19.6 Å². The third-order valence-corrected chi connectivity index (χ3v) is 4.48. The number of carbonyl (C=O) groups is 1. The van der Waals surface area contributed by atoms with Crippen LogP contribution in [-0.2, 0) is 21.4 Å². The Kier molecular flexibility index (Phi) is 7.50. The van der Waals surface area contributed by atoms with E-state index in [-0.39, 0.29) is 13.1 Å². The van der Waals surface area contributed by atoms with E-state index in [1.807, 2.05) is 37.3 Å². The zero-order valence-corrected chi connectivity index (χ0v) is 13.9. The molecule has 1 rings (SSSR count). The van der Waals surface area contributed by atoms with Gasteiger partial charge in [-0.3, -0.25) is 9.69 Å². The molecule has 0 radical (unpaired) electrons. The molecule has 0 saturated carbocycles. The van der Waals surface area contributed by atoms with Crippen molar-refractivity contribution < 1.29 is 18.3 Å². The number of benzene rings is 1. The fraction of sp³-hybridized carbons (Fsp3) is 0.533. The summed E-state index contributed by atoms with van der Waals surface area (Å²) in [6, 6.07) is 9.36. The number of sulfonamides is 1. The van der Waals surface area contributed by atoms with E-state index in [2.05, 4.69) is 0 Å². The van der Waals surface area contributed by atoms with Gasteiger partial charge >= 0.3 is 5.97 Å². The predicted molar refractivity (Wildman–Crippen MR) is 86.1 cm³/mol. The van der Waals surface area contributed by atoms with Gasteiger partial charge in [0.1, 0.15) is 0 Å². The molecule has 22 heavy (non-hydrogen) atoms. The Labute approximate surface area is 132 Å². The van der Waals surface area contributed by atoms with Crippen LogP contribution in [0.25, 0.3) is 0 Å². The van der Waals surface area contributed by atoms with E-state index in [1.54, 1.807) is 4.90 Å². The lowest BCUT2D eigenvalue weighted by Gasteiger charge is -2.25. The first kappa shape index (κ1) is 18.6. The summed E-state index contributed by atoms with van der Waals surface area (Å²) in [6.45, 7) is 3.51. The SMILES string of the molecule is CCCN(CCN(Cc1ccccc1)S(C)(=O)=O)CC(=O)O. The largest absolute Gasteiger partial charge is 0.480 e. The molecule has 0 aromatic heterocycles. The van der Waals surface area contributed by atoms with Crippen LogP contribution in [0.15, 0.2) is 30.3 Å². The van der Waals surface area contributed by atoms with Crippen molar-refractivity contribution in [3.8, 4) is 0 Å². The summed E-state index contributed by atoms with van der Waals surface area (Å²) in [5, 5.41) is 8.90. The molecule has 0 amide bonds. The van der Waals surface area contributed by atoms with Crippen molar-refractivity contribution in [2.75, 3.05) is 32.4 Å². The average molecular weight is 328 g/mol. The minimum Gasteiger partial charge on any atom is -0.480 e. The second kappa shape index (κ2) is 8.87. The summed E-state index contributed by atoms with van der Waals surface area (Å²) in [4.78, 5) is 12.6. The number of carboxylic acids is 1. The molecule has 0 saturated heterocycles. The fourth-order valence-electron chi connectivity index (χ4n) is 2.18. The molecule has 0 aliphatic heterocycles. The summed E-state index contributed by atoms with van der Waals surface area (Å²) in [7, 11) is -3.34. The molecule has 0 bridgehead atoms. The second-order valence-corrected chi connectivity index (χ2v) is 7.23. The molecular weight excluding hydrogens is 304 g/mol. The van der Waals surface area contributed by atoms with Gasteiger partial charge in [-0.05, 0) is 18.5 Å². The van der Waals surface area contributed by atoms with Crippen LogP contribution in [0.5, 0.6) is 0 Å². The van der Waals surface area contributed by atoms with Gasteiger partial charge in [0.05, 0.1) is 12.8 Å². The van der Waals surface area contributed by atoms with Crippen molar-refractivity contribution in [3.05, 3.63) is 35.9 Å². The van der Waals surface area contributed by atoms with Crippen LogP contribution in [0, 0.1) is 0 Å². The van der Waals surface area contributed by atoms with Crippen molar-refractivity contribution in [3.63, 3.8) is 0 Å². The molecule has 6 nitrogen and oxygen atoms in total. The number of rotatable bonds is 10. The average Bonchev–Trinajstić information content (AvgIpc) is 2.42. The van der Waals surface area contributed by atoms with E-state index in [1.165, 1.54) is 10.6 Å². The molecule has 0 fully saturated rings. The lowest BCUT2D eigenvalue weighted by Crippen LogP contribution is -2.40. The van der Waals surface area contributed by atoms with Gasteiger partial charge in [-0.15, -0.1) is 0 Å². The second-order valence-electron chi connectivity index (χ2n) is 5.25. The Hall–Kier alpha value is -1.44. The molecule has 0 unspecified atom stereocenters. The van der Waals surface area contributed by atoms with E-state index >= 15 is 0 Å². The molecule has 7 heteroatoms. The standard InChI is InChI=1S/C15H24N2O4S/c1-3-9-16(13-15(18)19)10-11-17(22(2,20)21)12-14-7-5-4-6-8-14/h4-8H,3,9-13H2,1-2H3,(H,18,19). The maximum atomic E-state index is 11.9. The molecule has 1 N–H and O–H groups in total. The van der Waals surface area contributed by atoms with Crippen molar-refractivity contribution in [1.29, 1.82) is 0 Å². The smallest absolute Gasteiger partial charge is 0.317 e. The summed E-state index contributed by atoms with van der Waals surface area (Å²) < 4.78 is 25.2. The van der Waals surface area contributed by atoms with Gasteiger partial charge in [0.25, 0.3) is 0 Å². The molecule has 0 atom stereocenters. The third kappa shape index (κ3) is 7.02. The maximum Gasteiger partial charge on any atom is 0.317 e. The number of nitrogens with zero attached hydrogens (tertiary/aromatic N) is 2. The van der Waals surface area contributed by atoms with Crippen LogP contribution in [0.3, 0.4) is 0 Å². The molecule has 0 heterocycles. The van der Waals surface area contributed by atoms with Crippen LogP contribution < -0.4 is 0 Å². The van der Waals surface area contributed by atoms with E-state index in [9.17, 15) is 13.2 Å². The summed E-state index contributed by atoms with van der Waals surface area (Å²) in [6.07, 6.45) is 2.00. The first-order chi connectivity index (χ1) is 10.3. The maximum absolute atomic E-state index is 11.9. The zero-order valence-electron chi connectivity index (χ0n) is 13.1. The van der Waals surface area contributed by atoms with Gasteiger partial charge in [0.15, 0.2) is 0 Å². The topological polar surface area (TPSA) is 77.9 Å². The van der Waals surface area contributed by atoms with Crippen LogP contribution in [0.2, 0.25) is 0 Å². The van der Waals surface area contributed by atoms with Crippen LogP contribution in [0.1, 0.15) is 18.9 Å². The number of hydrogen-bond acceptors (Lipinski definition) is 4. The Morgan fingerprint density at radius 1 is 1.14 bits per heavy atom. The van der Waals surface area contributed by atoms with Crippen molar-refractivity contribution in [2.24, 2.45) is 0 Å². The van der Waals surface area contributed by atoms with E-state index in [0.29, 0.717) is 19.6 Å². The molecule has 124 valence electrons. The third-order valence-electron chi connectivity index (χ3n) is 3.24. The first-order valence-electron chi connectivity index (χ1n) is 7.26. The molecular formula is C15H24N2O4S. The van der Waals surface area contributed by atoms with E-state index < -0.39 is 16.0 Å². The van der Waals surface area contributed by atoms with Crippen molar-refractivity contribution in [1.82, 2.24) is 9.21 Å². The summed E-state index contributed by atoms with van der Waals surface area (Å²) >= 11 is 0. The Morgan fingerprint density at radius 2 is 1.77 bits per heavy atom. The first-order valence-corrected chi connectivity index (χ1v) is 9.11. The number of aliphatic carboxylic acids is 1. The summed E-state index contributed by atoms with van der Waals surface area (Å²) in [5.41, 5.74) is 0.910. The van der Waals surface area contributed by atoms with Crippen LogP contribution in [0.4, 0.5) is 0 Å². The van der Waals surface area contributed by atoms with Crippen molar-refractivity contribution in [2.45, 2.75) is 19.9 Å². The van der Waals surface area contributed by atoms with Gasteiger partial charge in [-0.25, -0.2) is 8.42 Å². The minimum atomic E-state index is -3.34. The minimum absolute atomic E-state index is 0.0726. The molecule has 0 spiro atoms. The summed E-state index contributed by atoms with van der Waals surface area (Å²) in [5.74, 6) is -0.901. The monoisotopic (exact) mass is 328 g/mol. The number of hydrogen-bond donors (Lipinski definition) is 1. The van der Waals surface area contributed by atoms with Crippen LogP contribution in [-0.4, -0.2) is 61.1 Å². The quantitative estimate of drug-likeness (QED) is 0.699. The highest BCUT2D eigenvalue weighted by Crippen LogP contribution is 2.08. The Morgan fingerprint density at radius 3 is 2.27 bits per heavy atom. The van der Waals surface area contributed by atoms with Gasteiger partial charge < -0.3 is 5.11 Å². The molecule has 0 aliphatic carbocycles. The number of carboxylic acid groups (broad SMARTS) is 1. The normalized spacial score (nSPS) is 12.0. The predicted octanol–water partition coefficient (Wildman–Crippen LogP) is 1.24. The van der Waals surface area contributed by atoms with Crippen LogP contribution >= 0.6 is 0 Å². The Balaban J connectivity index is 2.71. The fourth-order valence-corrected chi connectivity index (χ4v) is 2.98. The molecule has 0 aliphatic rings. The van der Waals surface area contributed by atoms with Crippen molar-refractivity contribution >= 4 is 16.0 Å². The highest BCUT2D eigenvalue weighted by molar-refractivity contribution is 7.88. The molecule has 1 aromatic rings. The van der Waals surface area contributed by atoms with Gasteiger partial charge in [-0.1, -0.05) is 37.3 Å². The Bertz CT molecular complexity index is 560. The van der Waals surface area contributed by atoms with Gasteiger partial charge in [0.2, 0.25) is 10.0 Å².